The van der Waals surface area contributed by atoms with Gasteiger partial charge in [-0.1, -0.05) is 182 Å². The molecule has 0 aliphatic carbocycles. The highest BCUT2D eigenvalue weighted by Crippen LogP contribution is 2.45. The Bertz CT molecular complexity index is 3290. The molecule has 11 aromatic carbocycles. The Morgan fingerprint density at radius 2 is 0.789 bits per heavy atom. The van der Waals surface area contributed by atoms with E-state index in [1.54, 1.807) is 0 Å². The van der Waals surface area contributed by atoms with E-state index >= 15 is 0 Å². The minimum Gasteiger partial charge on any atom is -0.310 e. The van der Waals surface area contributed by atoms with Gasteiger partial charge in [0.05, 0.1) is 5.69 Å². The van der Waals surface area contributed by atoms with Gasteiger partial charge in [-0.15, -0.1) is 0 Å². The molecule has 57 heavy (non-hydrogen) atoms. The number of fused-ring (bicyclic) bond motifs is 8. The number of benzene rings is 11. The van der Waals surface area contributed by atoms with Crippen molar-refractivity contribution in [3.8, 4) is 33.4 Å². The molecule has 0 radical (unpaired) electrons. The minimum atomic E-state index is 1.10. The van der Waals surface area contributed by atoms with Crippen molar-refractivity contribution in [1.82, 2.24) is 0 Å². The molecule has 0 spiro atoms. The Labute approximate surface area is 332 Å². The Balaban J connectivity index is 1.10. The van der Waals surface area contributed by atoms with Crippen LogP contribution in [0.25, 0.3) is 87.2 Å². The average Bonchev–Trinajstić information content (AvgIpc) is 3.29. The van der Waals surface area contributed by atoms with Crippen LogP contribution in [-0.4, -0.2) is 0 Å². The van der Waals surface area contributed by atoms with E-state index in [4.69, 9.17) is 0 Å². The summed E-state index contributed by atoms with van der Waals surface area (Å²) in [7, 11) is 0. The monoisotopic (exact) mass is 723 g/mol. The second kappa shape index (κ2) is 13.7. The number of hydrogen-bond acceptors (Lipinski definition) is 1. The second-order valence-corrected chi connectivity index (χ2v) is 14.9. The van der Waals surface area contributed by atoms with Crippen molar-refractivity contribution < 1.29 is 0 Å². The van der Waals surface area contributed by atoms with Gasteiger partial charge in [0.25, 0.3) is 0 Å². The molecule has 11 aromatic rings. The molecule has 0 N–H and O–H groups in total. The van der Waals surface area contributed by atoms with Crippen LogP contribution in [0.2, 0.25) is 0 Å². The van der Waals surface area contributed by atoms with E-state index in [9.17, 15) is 0 Å². The molecule has 0 bridgehead atoms. The molecular weight excluding hydrogens is 687 g/mol. The first-order valence-corrected chi connectivity index (χ1v) is 19.7. The van der Waals surface area contributed by atoms with E-state index < -0.39 is 0 Å². The highest BCUT2D eigenvalue weighted by atomic mass is 15.1. The maximum Gasteiger partial charge on any atom is 0.0540 e. The highest BCUT2D eigenvalue weighted by Gasteiger charge is 2.19. The summed E-state index contributed by atoms with van der Waals surface area (Å²) in [5.41, 5.74) is 10.5. The van der Waals surface area contributed by atoms with Crippen LogP contribution in [-0.2, 0) is 0 Å². The fourth-order valence-corrected chi connectivity index (χ4v) is 8.97. The summed E-state index contributed by atoms with van der Waals surface area (Å²) in [5, 5.41) is 12.7. The smallest absolute Gasteiger partial charge is 0.0540 e. The zero-order valence-electron chi connectivity index (χ0n) is 31.3. The molecule has 0 atom stereocenters. The number of hydrogen-bond donors (Lipinski definition) is 0. The van der Waals surface area contributed by atoms with Crippen LogP contribution in [0, 0.1) is 0 Å². The summed E-state index contributed by atoms with van der Waals surface area (Å²) >= 11 is 0. The molecular formula is C56H37N. The van der Waals surface area contributed by atoms with Crippen molar-refractivity contribution in [2.75, 3.05) is 4.90 Å². The van der Waals surface area contributed by atoms with E-state index in [2.05, 4.69) is 229 Å². The Morgan fingerprint density at radius 1 is 0.246 bits per heavy atom. The molecule has 0 aliphatic heterocycles. The van der Waals surface area contributed by atoms with Crippen molar-refractivity contribution in [2.45, 2.75) is 0 Å². The molecule has 11 rings (SSSR count). The van der Waals surface area contributed by atoms with Crippen molar-refractivity contribution >= 4 is 70.9 Å². The van der Waals surface area contributed by atoms with Gasteiger partial charge >= 0.3 is 0 Å². The first-order chi connectivity index (χ1) is 28.3. The number of nitrogens with zero attached hydrogens (tertiary/aromatic N) is 1. The maximum absolute atomic E-state index is 2.42. The lowest BCUT2D eigenvalue weighted by atomic mass is 9.90. The summed E-state index contributed by atoms with van der Waals surface area (Å²) < 4.78 is 0. The summed E-state index contributed by atoms with van der Waals surface area (Å²) in [6, 6.07) is 82.0. The van der Waals surface area contributed by atoms with Crippen LogP contribution in [0.5, 0.6) is 0 Å². The average molecular weight is 724 g/mol. The Kier molecular flexibility index (Phi) is 7.89. The molecule has 0 fully saturated rings. The maximum atomic E-state index is 2.42. The third kappa shape index (κ3) is 5.63. The molecule has 0 heterocycles. The van der Waals surface area contributed by atoms with E-state index in [-0.39, 0.29) is 0 Å². The number of para-hydroxylation sites is 1. The van der Waals surface area contributed by atoms with Gasteiger partial charge in [0.1, 0.15) is 0 Å². The van der Waals surface area contributed by atoms with Crippen molar-refractivity contribution in [1.29, 1.82) is 0 Å². The molecule has 0 saturated heterocycles. The predicted octanol–water partition coefficient (Wildman–Crippen LogP) is 15.9. The summed E-state index contributed by atoms with van der Waals surface area (Å²) in [4.78, 5) is 2.42. The molecule has 1 nitrogen and oxygen atoms in total. The van der Waals surface area contributed by atoms with Gasteiger partial charge in [0, 0.05) is 16.9 Å². The van der Waals surface area contributed by atoms with Gasteiger partial charge in [-0.25, -0.2) is 0 Å². The third-order valence-corrected chi connectivity index (χ3v) is 11.6. The molecule has 0 aromatic heterocycles. The van der Waals surface area contributed by atoms with Gasteiger partial charge in [-0.2, -0.15) is 0 Å². The van der Waals surface area contributed by atoms with Crippen LogP contribution in [0.15, 0.2) is 224 Å². The largest absolute Gasteiger partial charge is 0.310 e. The van der Waals surface area contributed by atoms with Crippen LogP contribution in [0.4, 0.5) is 17.1 Å². The molecule has 0 amide bonds. The topological polar surface area (TPSA) is 3.24 Å². The van der Waals surface area contributed by atoms with Gasteiger partial charge in [0.2, 0.25) is 0 Å². The van der Waals surface area contributed by atoms with Gasteiger partial charge in [-0.3, -0.25) is 0 Å². The minimum absolute atomic E-state index is 1.10. The summed E-state index contributed by atoms with van der Waals surface area (Å²) in [6.45, 7) is 0. The van der Waals surface area contributed by atoms with Gasteiger partial charge in [0.15, 0.2) is 0 Å². The quantitative estimate of drug-likeness (QED) is 0.154. The van der Waals surface area contributed by atoms with Gasteiger partial charge in [-0.05, 0) is 124 Å². The van der Waals surface area contributed by atoms with Crippen LogP contribution in [0.1, 0.15) is 0 Å². The Hall–Kier alpha value is -7.48. The summed E-state index contributed by atoms with van der Waals surface area (Å²) in [6.07, 6.45) is 0. The van der Waals surface area contributed by atoms with E-state index in [0.29, 0.717) is 0 Å². The van der Waals surface area contributed by atoms with E-state index in [1.807, 2.05) is 0 Å². The zero-order valence-corrected chi connectivity index (χ0v) is 31.3. The third-order valence-electron chi connectivity index (χ3n) is 11.6. The van der Waals surface area contributed by atoms with Crippen molar-refractivity contribution in [3.63, 3.8) is 0 Å². The normalized spacial score (nSPS) is 11.5. The molecule has 0 saturated carbocycles. The highest BCUT2D eigenvalue weighted by molar-refractivity contribution is 6.23. The lowest BCUT2D eigenvalue weighted by Crippen LogP contribution is -2.11. The van der Waals surface area contributed by atoms with Crippen LogP contribution < -0.4 is 4.90 Å². The molecule has 0 aliphatic rings. The first-order valence-electron chi connectivity index (χ1n) is 19.7. The lowest BCUT2D eigenvalue weighted by Gasteiger charge is -2.28. The molecule has 1 heteroatoms. The van der Waals surface area contributed by atoms with E-state index in [0.717, 1.165) is 17.1 Å². The zero-order chi connectivity index (χ0) is 37.7. The van der Waals surface area contributed by atoms with E-state index in [1.165, 1.54) is 87.2 Å². The SMILES string of the molecule is c1ccc(-c2ccccc2N(c2ccc(-c3cc4ccccc4c4ccccc34)cc2)c2cccc(-c3cc4ccc5ccccc5c4c4ccccc34)c2)cc1. The summed E-state index contributed by atoms with van der Waals surface area (Å²) in [5.74, 6) is 0. The number of rotatable bonds is 6. The van der Waals surface area contributed by atoms with Crippen LogP contribution in [0.3, 0.4) is 0 Å². The fourth-order valence-electron chi connectivity index (χ4n) is 8.97. The van der Waals surface area contributed by atoms with Gasteiger partial charge < -0.3 is 4.90 Å². The molecule has 0 unspecified atom stereocenters. The number of anilines is 3. The van der Waals surface area contributed by atoms with Crippen molar-refractivity contribution in [3.05, 3.63) is 224 Å². The van der Waals surface area contributed by atoms with Crippen molar-refractivity contribution in [2.24, 2.45) is 0 Å². The molecule has 266 valence electrons. The second-order valence-electron chi connectivity index (χ2n) is 14.9. The Morgan fingerprint density at radius 3 is 1.60 bits per heavy atom. The standard InChI is InChI=1S/C56H37N/c1-2-15-38(16-3-1)47-22-12-13-28-55(47)57(44-33-31-40(32-34-44)53-36-42-18-5-6-21-46(42)49-24-8-9-25-50(49)53)45-20-14-19-41(35-45)54-37-43-30-29-39-17-4-7-23-48(39)56(43)52-27-11-10-26-51(52)54/h1-37H. The van der Waals surface area contributed by atoms with Crippen LogP contribution >= 0.6 is 0 Å². The lowest BCUT2D eigenvalue weighted by molar-refractivity contribution is 1.28. The predicted molar refractivity (Wildman–Crippen MR) is 245 cm³/mol. The fraction of sp³-hybridized carbons (Fsp3) is 0. The first kappa shape index (κ1) is 32.9.